The highest BCUT2D eigenvalue weighted by molar-refractivity contribution is 5.22. The van der Waals surface area contributed by atoms with Crippen molar-refractivity contribution in [1.29, 1.82) is 0 Å². The molecular formula is C13H19FO. The Morgan fingerprint density at radius 2 is 1.80 bits per heavy atom. The van der Waals surface area contributed by atoms with E-state index < -0.39 is 0 Å². The average molecular weight is 210 g/mol. The molecule has 15 heavy (non-hydrogen) atoms. The van der Waals surface area contributed by atoms with Crippen LogP contribution in [0.4, 0.5) is 4.39 Å². The van der Waals surface area contributed by atoms with E-state index in [1.54, 1.807) is 12.1 Å². The van der Waals surface area contributed by atoms with Crippen LogP contribution < -0.4 is 4.74 Å². The Kier molecular flexibility index (Phi) is 4.60. The fraction of sp³-hybridized carbons (Fsp3) is 0.538. The summed E-state index contributed by atoms with van der Waals surface area (Å²) < 4.78 is 18.4. The van der Waals surface area contributed by atoms with E-state index >= 15 is 0 Å². The second kappa shape index (κ2) is 5.74. The topological polar surface area (TPSA) is 9.23 Å². The first-order chi connectivity index (χ1) is 7.11. The van der Waals surface area contributed by atoms with Crippen molar-refractivity contribution in [3.63, 3.8) is 0 Å². The molecule has 1 atom stereocenters. The minimum absolute atomic E-state index is 0.223. The third kappa shape index (κ3) is 4.32. The number of hydrogen-bond donors (Lipinski definition) is 0. The van der Waals surface area contributed by atoms with Gasteiger partial charge in [0.15, 0.2) is 0 Å². The fourth-order valence-corrected chi connectivity index (χ4v) is 1.53. The Balaban J connectivity index is 2.54. The van der Waals surface area contributed by atoms with Gasteiger partial charge in [0, 0.05) is 0 Å². The van der Waals surface area contributed by atoms with E-state index in [2.05, 4.69) is 20.8 Å². The predicted molar refractivity (Wildman–Crippen MR) is 60.6 cm³/mol. The Hall–Kier alpha value is -1.05. The van der Waals surface area contributed by atoms with Crippen molar-refractivity contribution < 1.29 is 9.13 Å². The van der Waals surface area contributed by atoms with Gasteiger partial charge in [0.25, 0.3) is 0 Å². The van der Waals surface area contributed by atoms with E-state index in [0.717, 1.165) is 18.6 Å². The van der Waals surface area contributed by atoms with E-state index in [1.165, 1.54) is 12.1 Å². The summed E-state index contributed by atoms with van der Waals surface area (Å²) in [5, 5.41) is 0. The van der Waals surface area contributed by atoms with Crippen LogP contribution in [0, 0.1) is 11.7 Å². The van der Waals surface area contributed by atoms with Crippen molar-refractivity contribution in [3.8, 4) is 5.75 Å². The fourth-order valence-electron chi connectivity index (χ4n) is 1.53. The van der Waals surface area contributed by atoms with Crippen molar-refractivity contribution in [2.24, 2.45) is 5.92 Å². The van der Waals surface area contributed by atoms with Crippen LogP contribution in [0.1, 0.15) is 33.6 Å². The van der Waals surface area contributed by atoms with Gasteiger partial charge in [-0.15, -0.1) is 0 Å². The highest BCUT2D eigenvalue weighted by Gasteiger charge is 2.10. The molecule has 1 aromatic carbocycles. The van der Waals surface area contributed by atoms with Gasteiger partial charge in [0.2, 0.25) is 0 Å². The quantitative estimate of drug-likeness (QED) is 0.713. The minimum atomic E-state index is -0.223. The molecule has 2 heteroatoms. The Labute approximate surface area is 91.3 Å². The maximum atomic E-state index is 12.7. The lowest BCUT2D eigenvalue weighted by Gasteiger charge is -2.19. The van der Waals surface area contributed by atoms with Crippen LogP contribution >= 0.6 is 0 Å². The lowest BCUT2D eigenvalue weighted by atomic mass is 10.0. The van der Waals surface area contributed by atoms with Crippen LogP contribution in [0.3, 0.4) is 0 Å². The van der Waals surface area contributed by atoms with E-state index in [1.807, 2.05) is 0 Å². The van der Waals surface area contributed by atoms with Crippen LogP contribution in [0.5, 0.6) is 5.75 Å². The van der Waals surface area contributed by atoms with E-state index in [0.29, 0.717) is 5.92 Å². The molecule has 0 fully saturated rings. The molecule has 0 amide bonds. The van der Waals surface area contributed by atoms with E-state index in [-0.39, 0.29) is 11.9 Å². The van der Waals surface area contributed by atoms with Gasteiger partial charge < -0.3 is 4.74 Å². The molecule has 1 nitrogen and oxygen atoms in total. The molecule has 0 N–H and O–H groups in total. The van der Waals surface area contributed by atoms with Gasteiger partial charge in [-0.25, -0.2) is 4.39 Å². The number of rotatable bonds is 5. The maximum Gasteiger partial charge on any atom is 0.123 e. The molecule has 0 aliphatic carbocycles. The van der Waals surface area contributed by atoms with Crippen molar-refractivity contribution in [2.45, 2.75) is 39.7 Å². The summed E-state index contributed by atoms with van der Waals surface area (Å²) in [6.07, 6.45) is 2.25. The average Bonchev–Trinajstić information content (AvgIpc) is 2.19. The maximum absolute atomic E-state index is 12.7. The summed E-state index contributed by atoms with van der Waals surface area (Å²) in [7, 11) is 0. The van der Waals surface area contributed by atoms with Crippen LogP contribution in [0.25, 0.3) is 0 Å². The monoisotopic (exact) mass is 210 g/mol. The lowest BCUT2D eigenvalue weighted by molar-refractivity contribution is 0.170. The van der Waals surface area contributed by atoms with Gasteiger partial charge >= 0.3 is 0 Å². The first kappa shape index (κ1) is 12.0. The summed E-state index contributed by atoms with van der Waals surface area (Å²) in [6, 6.07) is 6.21. The SMILES string of the molecule is CCC(CC(C)C)Oc1ccc(F)cc1. The van der Waals surface area contributed by atoms with Crippen molar-refractivity contribution >= 4 is 0 Å². The van der Waals surface area contributed by atoms with Gasteiger partial charge in [0.1, 0.15) is 11.6 Å². The molecule has 0 heterocycles. The van der Waals surface area contributed by atoms with Crippen molar-refractivity contribution in [1.82, 2.24) is 0 Å². The van der Waals surface area contributed by atoms with Gasteiger partial charge in [-0.05, 0) is 43.0 Å². The lowest BCUT2D eigenvalue weighted by Crippen LogP contribution is -2.17. The molecule has 0 saturated heterocycles. The van der Waals surface area contributed by atoms with Crippen molar-refractivity contribution in [3.05, 3.63) is 30.1 Å². The minimum Gasteiger partial charge on any atom is -0.490 e. The molecule has 0 aromatic heterocycles. The molecular weight excluding hydrogens is 191 g/mol. The first-order valence-corrected chi connectivity index (χ1v) is 5.54. The zero-order chi connectivity index (χ0) is 11.3. The molecule has 0 spiro atoms. The zero-order valence-electron chi connectivity index (χ0n) is 9.66. The van der Waals surface area contributed by atoms with Gasteiger partial charge in [-0.2, -0.15) is 0 Å². The zero-order valence-corrected chi connectivity index (χ0v) is 9.66. The third-order valence-electron chi connectivity index (χ3n) is 2.31. The molecule has 0 radical (unpaired) electrons. The highest BCUT2D eigenvalue weighted by Crippen LogP contribution is 2.18. The van der Waals surface area contributed by atoms with E-state index in [4.69, 9.17) is 4.74 Å². The second-order valence-corrected chi connectivity index (χ2v) is 4.23. The standard InChI is InChI=1S/C13H19FO/c1-4-12(9-10(2)3)15-13-7-5-11(14)6-8-13/h5-8,10,12H,4,9H2,1-3H3. The summed E-state index contributed by atoms with van der Waals surface area (Å²) in [6.45, 7) is 6.46. The van der Waals surface area contributed by atoms with Gasteiger partial charge in [-0.3, -0.25) is 0 Å². The first-order valence-electron chi connectivity index (χ1n) is 5.54. The van der Waals surface area contributed by atoms with Crippen molar-refractivity contribution in [2.75, 3.05) is 0 Å². The summed E-state index contributed by atoms with van der Waals surface area (Å²) in [4.78, 5) is 0. The molecule has 0 saturated carbocycles. The predicted octanol–water partition coefficient (Wildman–Crippen LogP) is 4.03. The second-order valence-electron chi connectivity index (χ2n) is 4.23. The Morgan fingerprint density at radius 1 is 1.20 bits per heavy atom. The molecule has 1 unspecified atom stereocenters. The summed E-state index contributed by atoms with van der Waals surface area (Å²) in [5.41, 5.74) is 0. The molecule has 1 aromatic rings. The third-order valence-corrected chi connectivity index (χ3v) is 2.31. The van der Waals surface area contributed by atoms with Crippen LogP contribution in [0.2, 0.25) is 0 Å². The van der Waals surface area contributed by atoms with Gasteiger partial charge in [0.05, 0.1) is 6.10 Å². The number of hydrogen-bond acceptors (Lipinski definition) is 1. The van der Waals surface area contributed by atoms with Crippen LogP contribution in [0.15, 0.2) is 24.3 Å². The summed E-state index contributed by atoms with van der Waals surface area (Å²) in [5.74, 6) is 1.15. The number of benzene rings is 1. The van der Waals surface area contributed by atoms with Gasteiger partial charge in [-0.1, -0.05) is 20.8 Å². The molecule has 0 aliphatic rings. The Morgan fingerprint density at radius 3 is 2.27 bits per heavy atom. The summed E-state index contributed by atoms with van der Waals surface area (Å²) >= 11 is 0. The molecule has 0 aliphatic heterocycles. The highest BCUT2D eigenvalue weighted by atomic mass is 19.1. The Bertz CT molecular complexity index is 279. The van der Waals surface area contributed by atoms with Crippen LogP contribution in [-0.4, -0.2) is 6.10 Å². The molecule has 84 valence electrons. The molecule has 1 rings (SSSR count). The van der Waals surface area contributed by atoms with Crippen LogP contribution in [-0.2, 0) is 0 Å². The number of ether oxygens (including phenoxy) is 1. The number of halogens is 1. The normalized spacial score (nSPS) is 12.9. The molecule has 0 bridgehead atoms. The van der Waals surface area contributed by atoms with E-state index in [9.17, 15) is 4.39 Å². The largest absolute Gasteiger partial charge is 0.490 e. The smallest absolute Gasteiger partial charge is 0.123 e.